The number of carbonyl (C=O) groups is 1. The SMILES string of the molecule is O=C1c2oc3ccc(F)cc3c(=O)c2[C@H](c2cccnc2)N1CCCN1CCOCC1. The predicted octanol–water partition coefficient (Wildman–Crippen LogP) is 2.59. The van der Waals surface area contributed by atoms with Crippen LogP contribution in [0.4, 0.5) is 4.39 Å². The van der Waals surface area contributed by atoms with Crippen molar-refractivity contribution in [1.82, 2.24) is 14.8 Å². The first-order chi connectivity index (χ1) is 15.1. The molecule has 5 rings (SSSR count). The predicted molar refractivity (Wildman–Crippen MR) is 111 cm³/mol. The highest BCUT2D eigenvalue weighted by Crippen LogP contribution is 2.37. The molecule has 0 spiro atoms. The van der Waals surface area contributed by atoms with Crippen molar-refractivity contribution in [3.8, 4) is 0 Å². The smallest absolute Gasteiger partial charge is 0.290 e. The van der Waals surface area contributed by atoms with Gasteiger partial charge in [0.25, 0.3) is 5.91 Å². The Morgan fingerprint density at radius 1 is 1.13 bits per heavy atom. The molecule has 1 saturated heterocycles. The number of carbonyl (C=O) groups excluding carboxylic acids is 1. The number of amides is 1. The van der Waals surface area contributed by atoms with Gasteiger partial charge in [0.05, 0.1) is 30.2 Å². The van der Waals surface area contributed by atoms with Crippen LogP contribution in [0, 0.1) is 5.82 Å². The fraction of sp³-hybridized carbons (Fsp3) is 0.348. The first-order valence-corrected chi connectivity index (χ1v) is 10.4. The quantitative estimate of drug-likeness (QED) is 0.628. The Morgan fingerprint density at radius 2 is 1.97 bits per heavy atom. The lowest BCUT2D eigenvalue weighted by molar-refractivity contribution is 0.0353. The number of aromatic nitrogens is 1. The van der Waals surface area contributed by atoms with Gasteiger partial charge in [0.2, 0.25) is 5.76 Å². The zero-order chi connectivity index (χ0) is 21.4. The summed E-state index contributed by atoms with van der Waals surface area (Å²) in [5.74, 6) is -0.817. The lowest BCUT2D eigenvalue weighted by atomic mass is 10.00. The Bertz CT molecular complexity index is 1170. The van der Waals surface area contributed by atoms with Crippen LogP contribution in [0.15, 0.2) is 51.9 Å². The van der Waals surface area contributed by atoms with Crippen LogP contribution in [-0.2, 0) is 4.74 Å². The molecule has 160 valence electrons. The number of hydrogen-bond donors (Lipinski definition) is 0. The zero-order valence-electron chi connectivity index (χ0n) is 16.9. The minimum atomic E-state index is -0.607. The Balaban J connectivity index is 1.52. The van der Waals surface area contributed by atoms with Crippen LogP contribution >= 0.6 is 0 Å². The van der Waals surface area contributed by atoms with Crippen molar-refractivity contribution in [3.63, 3.8) is 0 Å². The fourth-order valence-electron chi connectivity index (χ4n) is 4.40. The van der Waals surface area contributed by atoms with Crippen LogP contribution in [0.5, 0.6) is 0 Å². The molecular formula is C23H22FN3O4. The third kappa shape index (κ3) is 3.62. The van der Waals surface area contributed by atoms with E-state index in [9.17, 15) is 14.0 Å². The number of benzene rings is 1. The van der Waals surface area contributed by atoms with E-state index in [1.165, 1.54) is 12.1 Å². The first kappa shape index (κ1) is 19.8. The van der Waals surface area contributed by atoms with Gasteiger partial charge in [0.1, 0.15) is 11.4 Å². The summed E-state index contributed by atoms with van der Waals surface area (Å²) in [5.41, 5.74) is 0.804. The van der Waals surface area contributed by atoms with Crippen LogP contribution < -0.4 is 5.43 Å². The van der Waals surface area contributed by atoms with Gasteiger partial charge in [-0.05, 0) is 36.2 Å². The second kappa shape index (κ2) is 8.20. The fourth-order valence-corrected chi connectivity index (χ4v) is 4.40. The van der Waals surface area contributed by atoms with Gasteiger partial charge < -0.3 is 14.1 Å². The minimum absolute atomic E-state index is 0.0318. The third-order valence-corrected chi connectivity index (χ3v) is 5.90. The number of pyridine rings is 1. The third-order valence-electron chi connectivity index (χ3n) is 5.90. The highest BCUT2D eigenvalue weighted by molar-refractivity contribution is 5.99. The number of ether oxygens (including phenoxy) is 1. The average Bonchev–Trinajstić information content (AvgIpc) is 3.08. The second-order valence-electron chi connectivity index (χ2n) is 7.81. The van der Waals surface area contributed by atoms with Crippen molar-refractivity contribution >= 4 is 16.9 Å². The van der Waals surface area contributed by atoms with E-state index in [0.717, 1.165) is 37.7 Å². The molecule has 1 fully saturated rings. The molecule has 0 saturated carbocycles. The molecule has 1 amide bonds. The largest absolute Gasteiger partial charge is 0.450 e. The molecule has 7 nitrogen and oxygen atoms in total. The van der Waals surface area contributed by atoms with Gasteiger partial charge >= 0.3 is 0 Å². The van der Waals surface area contributed by atoms with Gasteiger partial charge in [-0.1, -0.05) is 6.07 Å². The average molecular weight is 423 g/mol. The molecule has 4 heterocycles. The van der Waals surface area contributed by atoms with Gasteiger partial charge in [-0.25, -0.2) is 4.39 Å². The Kier molecular flexibility index (Phi) is 5.25. The van der Waals surface area contributed by atoms with E-state index >= 15 is 0 Å². The number of halogens is 1. The Morgan fingerprint density at radius 3 is 2.74 bits per heavy atom. The monoisotopic (exact) mass is 423 g/mol. The van der Waals surface area contributed by atoms with E-state index in [-0.39, 0.29) is 33.6 Å². The van der Waals surface area contributed by atoms with Crippen molar-refractivity contribution in [2.45, 2.75) is 12.5 Å². The van der Waals surface area contributed by atoms with E-state index in [1.807, 2.05) is 6.07 Å². The Hall–Kier alpha value is -3.10. The standard InChI is InChI=1S/C23H22FN3O4/c24-16-4-5-18-17(13-16)21(28)19-20(15-3-1-6-25-14-15)27(23(29)22(19)31-18)8-2-7-26-9-11-30-12-10-26/h1,3-6,13-14,20H,2,7-12H2/t20-/m0/s1. The number of morpholine rings is 1. The van der Waals surface area contributed by atoms with Gasteiger partial charge in [-0.3, -0.25) is 19.5 Å². The summed E-state index contributed by atoms with van der Waals surface area (Å²) >= 11 is 0. The van der Waals surface area contributed by atoms with E-state index in [0.29, 0.717) is 19.8 Å². The number of fused-ring (bicyclic) bond motifs is 2. The van der Waals surface area contributed by atoms with E-state index in [4.69, 9.17) is 9.15 Å². The van der Waals surface area contributed by atoms with E-state index in [1.54, 1.807) is 23.4 Å². The molecule has 2 aliphatic heterocycles. The normalized spacial score (nSPS) is 19.2. The van der Waals surface area contributed by atoms with Crippen molar-refractivity contribution < 1.29 is 18.3 Å². The molecule has 0 aliphatic carbocycles. The highest BCUT2D eigenvalue weighted by Gasteiger charge is 2.42. The summed E-state index contributed by atoms with van der Waals surface area (Å²) in [6.07, 6.45) is 4.04. The topological polar surface area (TPSA) is 75.9 Å². The van der Waals surface area contributed by atoms with Crippen molar-refractivity contribution in [3.05, 3.63) is 75.7 Å². The van der Waals surface area contributed by atoms with Crippen LogP contribution in [0.1, 0.15) is 34.1 Å². The van der Waals surface area contributed by atoms with Gasteiger partial charge in [-0.2, -0.15) is 0 Å². The first-order valence-electron chi connectivity index (χ1n) is 10.4. The number of nitrogens with zero attached hydrogens (tertiary/aromatic N) is 3. The number of hydrogen-bond acceptors (Lipinski definition) is 6. The molecule has 2 aromatic heterocycles. The van der Waals surface area contributed by atoms with Crippen molar-refractivity contribution in [1.29, 1.82) is 0 Å². The Labute approximate surface area is 178 Å². The summed E-state index contributed by atoms with van der Waals surface area (Å²) in [6.45, 7) is 4.47. The molecule has 8 heteroatoms. The zero-order valence-corrected chi connectivity index (χ0v) is 16.9. The van der Waals surface area contributed by atoms with E-state index < -0.39 is 11.9 Å². The van der Waals surface area contributed by atoms with Crippen LogP contribution in [0.3, 0.4) is 0 Å². The van der Waals surface area contributed by atoms with E-state index in [2.05, 4.69) is 9.88 Å². The summed E-state index contributed by atoms with van der Waals surface area (Å²) < 4.78 is 25.0. The maximum atomic E-state index is 13.8. The van der Waals surface area contributed by atoms with Crippen LogP contribution in [0.2, 0.25) is 0 Å². The lowest BCUT2D eigenvalue weighted by Gasteiger charge is -2.29. The molecule has 0 radical (unpaired) electrons. The van der Waals surface area contributed by atoms with Crippen LogP contribution in [-0.4, -0.2) is 60.1 Å². The molecule has 0 N–H and O–H groups in total. The molecule has 3 aromatic rings. The van der Waals surface area contributed by atoms with Crippen molar-refractivity contribution in [2.24, 2.45) is 0 Å². The van der Waals surface area contributed by atoms with Crippen LogP contribution in [0.25, 0.3) is 11.0 Å². The van der Waals surface area contributed by atoms with Gasteiger partial charge in [-0.15, -0.1) is 0 Å². The highest BCUT2D eigenvalue weighted by atomic mass is 19.1. The minimum Gasteiger partial charge on any atom is -0.450 e. The molecule has 0 unspecified atom stereocenters. The summed E-state index contributed by atoms with van der Waals surface area (Å²) in [4.78, 5) is 34.8. The number of rotatable bonds is 5. The molecule has 1 aromatic carbocycles. The molecule has 1 atom stereocenters. The maximum absolute atomic E-state index is 13.8. The second-order valence-corrected chi connectivity index (χ2v) is 7.81. The van der Waals surface area contributed by atoms with Crippen molar-refractivity contribution in [2.75, 3.05) is 39.4 Å². The van der Waals surface area contributed by atoms with Gasteiger partial charge in [0, 0.05) is 38.6 Å². The summed E-state index contributed by atoms with van der Waals surface area (Å²) in [6, 6.07) is 6.77. The summed E-state index contributed by atoms with van der Waals surface area (Å²) in [7, 11) is 0. The molecule has 31 heavy (non-hydrogen) atoms. The lowest BCUT2D eigenvalue weighted by Crippen LogP contribution is -2.38. The summed E-state index contributed by atoms with van der Waals surface area (Å²) in [5, 5.41) is 0.135. The molecule has 0 bridgehead atoms. The molecule has 2 aliphatic rings. The maximum Gasteiger partial charge on any atom is 0.290 e. The van der Waals surface area contributed by atoms with Gasteiger partial charge in [0.15, 0.2) is 5.43 Å². The molecular weight excluding hydrogens is 401 g/mol.